The first-order valence-electron chi connectivity index (χ1n) is 9.47. The maximum Gasteiger partial charge on any atom is 0.258 e. The number of rotatable bonds is 9. The number of carbonyl (C=O) groups is 1. The number of nitrogens with one attached hydrogen (secondary N) is 1. The van der Waals surface area contributed by atoms with Crippen LogP contribution in [0.5, 0.6) is 5.75 Å². The molecule has 1 N–H and O–H groups in total. The standard InChI is InChI=1S/C21H27ClN2O4S/c1-5-24(6-2)29(26,27)19-10-7-17(8-11-19)16(4)23-21(25)14-28-20-12-9-18(22)13-15(20)3/h7-13,16H,5-6,14H2,1-4H3,(H,23,25)/t16-/m0/s1. The van der Waals surface area contributed by atoms with Crippen LogP contribution in [0.3, 0.4) is 0 Å². The molecular formula is C21H27ClN2O4S. The van der Waals surface area contributed by atoms with Crippen molar-refractivity contribution in [3.05, 3.63) is 58.6 Å². The predicted octanol–water partition coefficient (Wildman–Crippen LogP) is 3.94. The lowest BCUT2D eigenvalue weighted by Gasteiger charge is -2.19. The minimum atomic E-state index is -3.50. The third kappa shape index (κ3) is 5.95. The first-order valence-corrected chi connectivity index (χ1v) is 11.3. The molecule has 2 rings (SSSR count). The van der Waals surface area contributed by atoms with Crippen molar-refractivity contribution in [2.75, 3.05) is 19.7 Å². The van der Waals surface area contributed by atoms with Gasteiger partial charge in [-0.3, -0.25) is 4.79 Å². The second kappa shape index (κ2) is 10.1. The van der Waals surface area contributed by atoms with Crippen LogP contribution in [0, 0.1) is 6.92 Å². The van der Waals surface area contributed by atoms with E-state index in [4.69, 9.17) is 16.3 Å². The quantitative estimate of drug-likeness (QED) is 0.643. The molecule has 0 saturated carbocycles. The van der Waals surface area contributed by atoms with Gasteiger partial charge < -0.3 is 10.1 Å². The van der Waals surface area contributed by atoms with Crippen LogP contribution >= 0.6 is 11.6 Å². The van der Waals surface area contributed by atoms with Gasteiger partial charge in [0.05, 0.1) is 10.9 Å². The minimum Gasteiger partial charge on any atom is -0.484 e. The summed E-state index contributed by atoms with van der Waals surface area (Å²) in [7, 11) is -3.50. The van der Waals surface area contributed by atoms with Crippen molar-refractivity contribution in [1.82, 2.24) is 9.62 Å². The summed E-state index contributed by atoms with van der Waals surface area (Å²) in [6.07, 6.45) is 0. The summed E-state index contributed by atoms with van der Waals surface area (Å²) in [6, 6.07) is 11.5. The number of nitrogens with zero attached hydrogens (tertiary/aromatic N) is 1. The summed E-state index contributed by atoms with van der Waals surface area (Å²) in [6.45, 7) is 8.01. The van der Waals surface area contributed by atoms with E-state index in [2.05, 4.69) is 5.32 Å². The summed E-state index contributed by atoms with van der Waals surface area (Å²) in [5.74, 6) is 0.329. The number of ether oxygens (including phenoxy) is 1. The first kappa shape index (κ1) is 23.2. The molecule has 0 bridgehead atoms. The molecule has 0 spiro atoms. The number of hydrogen-bond donors (Lipinski definition) is 1. The van der Waals surface area contributed by atoms with E-state index in [0.29, 0.717) is 23.9 Å². The van der Waals surface area contributed by atoms with E-state index in [1.165, 1.54) is 4.31 Å². The van der Waals surface area contributed by atoms with E-state index in [1.807, 2.05) is 13.8 Å². The van der Waals surface area contributed by atoms with Crippen LogP contribution in [0.4, 0.5) is 0 Å². The molecular weight excluding hydrogens is 412 g/mol. The zero-order chi connectivity index (χ0) is 21.6. The van der Waals surface area contributed by atoms with Crippen molar-refractivity contribution < 1.29 is 17.9 Å². The Balaban J connectivity index is 1.98. The van der Waals surface area contributed by atoms with Crippen molar-refractivity contribution in [1.29, 1.82) is 0 Å². The molecule has 0 fully saturated rings. The van der Waals surface area contributed by atoms with Gasteiger partial charge in [0, 0.05) is 18.1 Å². The van der Waals surface area contributed by atoms with Gasteiger partial charge in [0.2, 0.25) is 10.0 Å². The maximum atomic E-state index is 12.6. The van der Waals surface area contributed by atoms with Crippen LogP contribution in [0.1, 0.15) is 37.9 Å². The molecule has 2 aromatic rings. The number of amides is 1. The summed E-state index contributed by atoms with van der Waals surface area (Å²) in [4.78, 5) is 12.4. The Bertz CT molecular complexity index is 942. The molecule has 158 valence electrons. The number of benzene rings is 2. The number of sulfonamides is 1. The van der Waals surface area contributed by atoms with E-state index in [-0.39, 0.29) is 23.5 Å². The Kier molecular flexibility index (Phi) is 8.07. The highest BCUT2D eigenvalue weighted by Gasteiger charge is 2.21. The van der Waals surface area contributed by atoms with Gasteiger partial charge in [0.1, 0.15) is 5.75 Å². The third-order valence-corrected chi connectivity index (χ3v) is 6.90. The first-order chi connectivity index (χ1) is 13.7. The zero-order valence-electron chi connectivity index (χ0n) is 17.1. The van der Waals surface area contributed by atoms with Crippen molar-refractivity contribution in [3.8, 4) is 5.75 Å². The highest BCUT2D eigenvalue weighted by Crippen LogP contribution is 2.22. The average molecular weight is 439 g/mol. The molecule has 2 aromatic carbocycles. The van der Waals surface area contributed by atoms with Crippen LogP contribution in [-0.2, 0) is 14.8 Å². The second-order valence-corrected chi connectivity index (χ2v) is 9.02. The van der Waals surface area contributed by atoms with Crippen molar-refractivity contribution >= 4 is 27.5 Å². The third-order valence-electron chi connectivity index (χ3n) is 4.60. The Labute approximate surface area is 177 Å². The Morgan fingerprint density at radius 3 is 2.31 bits per heavy atom. The number of carbonyl (C=O) groups excluding carboxylic acids is 1. The Morgan fingerprint density at radius 1 is 1.14 bits per heavy atom. The minimum absolute atomic E-state index is 0.124. The molecule has 1 atom stereocenters. The van der Waals surface area contributed by atoms with Gasteiger partial charge in [-0.05, 0) is 55.3 Å². The van der Waals surface area contributed by atoms with E-state index in [1.54, 1.807) is 56.3 Å². The monoisotopic (exact) mass is 438 g/mol. The van der Waals surface area contributed by atoms with Crippen molar-refractivity contribution in [2.24, 2.45) is 0 Å². The summed E-state index contributed by atoms with van der Waals surface area (Å²) >= 11 is 5.91. The number of aryl methyl sites for hydroxylation is 1. The SMILES string of the molecule is CCN(CC)S(=O)(=O)c1ccc([C@H](C)NC(=O)COc2ccc(Cl)cc2C)cc1. The Hall–Kier alpha value is -2.09. The highest BCUT2D eigenvalue weighted by molar-refractivity contribution is 7.89. The van der Waals surface area contributed by atoms with Crippen LogP contribution < -0.4 is 10.1 Å². The normalized spacial score (nSPS) is 12.6. The smallest absolute Gasteiger partial charge is 0.258 e. The van der Waals surface area contributed by atoms with Crippen molar-refractivity contribution in [2.45, 2.75) is 38.6 Å². The van der Waals surface area contributed by atoms with Crippen molar-refractivity contribution in [3.63, 3.8) is 0 Å². The van der Waals surface area contributed by atoms with Gasteiger partial charge in [-0.25, -0.2) is 8.42 Å². The van der Waals surface area contributed by atoms with E-state index in [9.17, 15) is 13.2 Å². The summed E-state index contributed by atoms with van der Waals surface area (Å²) in [5, 5.41) is 3.46. The predicted molar refractivity (Wildman–Crippen MR) is 115 cm³/mol. The molecule has 0 heterocycles. The molecule has 0 aliphatic rings. The molecule has 0 saturated heterocycles. The topological polar surface area (TPSA) is 75.7 Å². The fraction of sp³-hybridized carbons (Fsp3) is 0.381. The molecule has 8 heteroatoms. The van der Waals surface area contributed by atoms with E-state index in [0.717, 1.165) is 11.1 Å². The molecule has 29 heavy (non-hydrogen) atoms. The molecule has 0 aliphatic carbocycles. The lowest BCUT2D eigenvalue weighted by atomic mass is 10.1. The largest absolute Gasteiger partial charge is 0.484 e. The summed E-state index contributed by atoms with van der Waals surface area (Å²) in [5.41, 5.74) is 1.66. The van der Waals surface area contributed by atoms with E-state index >= 15 is 0 Å². The van der Waals surface area contributed by atoms with Gasteiger partial charge >= 0.3 is 0 Å². The fourth-order valence-electron chi connectivity index (χ4n) is 2.93. The lowest BCUT2D eigenvalue weighted by Crippen LogP contribution is -2.32. The molecule has 0 aromatic heterocycles. The van der Waals surface area contributed by atoms with Crippen LogP contribution in [0.2, 0.25) is 5.02 Å². The average Bonchev–Trinajstić information content (AvgIpc) is 2.68. The molecule has 0 unspecified atom stereocenters. The number of hydrogen-bond acceptors (Lipinski definition) is 4. The Morgan fingerprint density at radius 2 is 1.76 bits per heavy atom. The fourth-order valence-corrected chi connectivity index (χ4v) is 4.61. The van der Waals surface area contributed by atoms with Gasteiger partial charge in [-0.1, -0.05) is 37.6 Å². The van der Waals surface area contributed by atoms with Gasteiger partial charge in [0.15, 0.2) is 6.61 Å². The summed E-state index contributed by atoms with van der Waals surface area (Å²) < 4.78 is 32.1. The molecule has 0 aliphatic heterocycles. The maximum absolute atomic E-state index is 12.6. The number of halogens is 1. The lowest BCUT2D eigenvalue weighted by molar-refractivity contribution is -0.123. The molecule has 0 radical (unpaired) electrons. The van der Waals surface area contributed by atoms with Gasteiger partial charge in [0.25, 0.3) is 5.91 Å². The van der Waals surface area contributed by atoms with E-state index < -0.39 is 10.0 Å². The van der Waals surface area contributed by atoms with Gasteiger partial charge in [-0.15, -0.1) is 0 Å². The molecule has 1 amide bonds. The van der Waals surface area contributed by atoms with Crippen LogP contribution in [0.15, 0.2) is 47.4 Å². The van der Waals surface area contributed by atoms with Crippen LogP contribution in [-0.4, -0.2) is 38.3 Å². The van der Waals surface area contributed by atoms with Crippen LogP contribution in [0.25, 0.3) is 0 Å². The zero-order valence-corrected chi connectivity index (χ0v) is 18.7. The highest BCUT2D eigenvalue weighted by atomic mass is 35.5. The second-order valence-electron chi connectivity index (χ2n) is 6.65. The van der Waals surface area contributed by atoms with Gasteiger partial charge in [-0.2, -0.15) is 4.31 Å². The molecule has 6 nitrogen and oxygen atoms in total.